The quantitative estimate of drug-likeness (QED) is 0.694. The van der Waals surface area contributed by atoms with E-state index in [0.29, 0.717) is 0 Å². The van der Waals surface area contributed by atoms with E-state index in [2.05, 4.69) is 10.3 Å². The summed E-state index contributed by atoms with van der Waals surface area (Å²) in [5, 5.41) is 13.8. The van der Waals surface area contributed by atoms with Gasteiger partial charge in [-0.05, 0) is 43.0 Å². The molecule has 2 aromatic rings. The molecule has 0 radical (unpaired) electrons. The van der Waals surface area contributed by atoms with Gasteiger partial charge in [0.2, 0.25) is 0 Å². The Labute approximate surface area is 171 Å². The van der Waals surface area contributed by atoms with Crippen LogP contribution in [0.25, 0.3) is 0 Å². The normalized spacial score (nSPS) is 27.4. The Balaban J connectivity index is 1.80. The van der Waals surface area contributed by atoms with Gasteiger partial charge < -0.3 is 10.4 Å². The maximum Gasteiger partial charge on any atom is 0.269 e. The molecule has 1 heterocycles. The van der Waals surface area contributed by atoms with E-state index in [0.717, 1.165) is 0 Å². The number of hydrogen-bond acceptors (Lipinski definition) is 3. The number of hydrogen-bond donors (Lipinski definition) is 2. The third-order valence-electron chi connectivity index (χ3n) is 5.21. The van der Waals surface area contributed by atoms with Gasteiger partial charge in [0.05, 0.1) is 10.6 Å². The highest BCUT2D eigenvalue weighted by Gasteiger charge is 2.55. The van der Waals surface area contributed by atoms with Crippen molar-refractivity contribution in [1.82, 2.24) is 10.3 Å². The number of amides is 1. The first-order chi connectivity index (χ1) is 13.3. The molecule has 150 valence electrons. The lowest BCUT2D eigenvalue weighted by Crippen LogP contribution is -2.54. The molecule has 8 heteroatoms. The van der Waals surface area contributed by atoms with Crippen molar-refractivity contribution in [3.63, 3.8) is 0 Å². The zero-order valence-electron chi connectivity index (χ0n) is 15.0. The number of carbonyl (C=O) groups is 1. The fraction of sp³-hybridized carbons (Fsp3) is 0.400. The van der Waals surface area contributed by atoms with Gasteiger partial charge in [0, 0.05) is 19.2 Å². The van der Waals surface area contributed by atoms with Gasteiger partial charge in [-0.1, -0.05) is 29.8 Å². The Hall–Kier alpha value is -1.76. The number of nitrogens with zero attached hydrogens (tertiary/aromatic N) is 1. The molecular weight excluding hydrogens is 409 g/mol. The van der Waals surface area contributed by atoms with Crippen molar-refractivity contribution in [2.45, 2.75) is 42.3 Å². The van der Waals surface area contributed by atoms with E-state index < -0.39 is 28.4 Å². The van der Waals surface area contributed by atoms with Crippen LogP contribution in [0.3, 0.4) is 0 Å². The van der Waals surface area contributed by atoms with Gasteiger partial charge in [0.15, 0.2) is 0 Å². The van der Waals surface area contributed by atoms with Crippen molar-refractivity contribution in [2.24, 2.45) is 0 Å². The summed E-state index contributed by atoms with van der Waals surface area (Å²) in [7, 11) is 0. The molecule has 1 amide bonds. The number of carbonyl (C=O) groups excluding carboxylic acids is 1. The highest BCUT2D eigenvalue weighted by atomic mass is 35.5. The first kappa shape index (κ1) is 21.0. The first-order valence-electron chi connectivity index (χ1n) is 8.96. The number of benzene rings is 1. The van der Waals surface area contributed by atoms with Crippen LogP contribution in [0.2, 0.25) is 5.02 Å². The molecule has 1 aliphatic carbocycles. The van der Waals surface area contributed by atoms with Gasteiger partial charge in [0.25, 0.3) is 5.91 Å². The highest BCUT2D eigenvalue weighted by molar-refractivity contribution is 6.33. The molecule has 1 aromatic carbocycles. The van der Waals surface area contributed by atoms with E-state index >= 15 is 0 Å². The van der Waals surface area contributed by atoms with Crippen molar-refractivity contribution in [3.8, 4) is 0 Å². The van der Waals surface area contributed by atoms with Crippen molar-refractivity contribution in [1.29, 1.82) is 0 Å². The SMILES string of the molecule is O=C(NCCC1(O)CCC(F)CC1(Cl)c1cccc(F)c1Cl)c1ccccn1. The fourth-order valence-corrected chi connectivity index (χ4v) is 4.50. The van der Waals surface area contributed by atoms with Crippen molar-refractivity contribution in [3.05, 3.63) is 64.7 Å². The molecule has 0 aliphatic heterocycles. The molecule has 0 saturated heterocycles. The predicted molar refractivity (Wildman–Crippen MR) is 104 cm³/mol. The number of alkyl halides is 2. The summed E-state index contributed by atoms with van der Waals surface area (Å²) in [6.07, 6.45) is 0.272. The van der Waals surface area contributed by atoms with E-state index in [1.54, 1.807) is 18.2 Å². The molecule has 3 rings (SSSR count). The average Bonchev–Trinajstić information content (AvgIpc) is 2.68. The lowest BCUT2D eigenvalue weighted by atomic mass is 9.69. The maximum absolute atomic E-state index is 14.2. The van der Waals surface area contributed by atoms with Crippen molar-refractivity contribution < 1.29 is 18.7 Å². The van der Waals surface area contributed by atoms with Crippen LogP contribution in [0.5, 0.6) is 0 Å². The number of nitrogens with one attached hydrogen (secondary N) is 1. The van der Waals surface area contributed by atoms with Crippen LogP contribution in [0.15, 0.2) is 42.6 Å². The summed E-state index contributed by atoms with van der Waals surface area (Å²) in [6.45, 7) is 0.0876. The second-order valence-corrected chi connectivity index (χ2v) is 8.02. The van der Waals surface area contributed by atoms with E-state index in [1.807, 2.05) is 0 Å². The monoisotopic (exact) mass is 428 g/mol. The summed E-state index contributed by atoms with van der Waals surface area (Å²) in [5.41, 5.74) is -1.18. The molecule has 28 heavy (non-hydrogen) atoms. The van der Waals surface area contributed by atoms with E-state index in [9.17, 15) is 18.7 Å². The minimum absolute atomic E-state index is 0.0502. The highest BCUT2D eigenvalue weighted by Crippen LogP contribution is 2.53. The Morgan fingerprint density at radius 1 is 1.32 bits per heavy atom. The summed E-state index contributed by atoms with van der Waals surface area (Å²) >= 11 is 12.8. The molecule has 3 atom stereocenters. The number of rotatable bonds is 5. The molecule has 1 fully saturated rings. The Bertz CT molecular complexity index is 855. The second kappa shape index (κ2) is 8.31. The number of halogens is 4. The first-order valence-corrected chi connectivity index (χ1v) is 9.71. The molecule has 1 aromatic heterocycles. The van der Waals surface area contributed by atoms with Crippen LogP contribution >= 0.6 is 23.2 Å². The lowest BCUT2D eigenvalue weighted by Gasteiger charge is -2.48. The van der Waals surface area contributed by atoms with Crippen molar-refractivity contribution in [2.75, 3.05) is 6.54 Å². The lowest BCUT2D eigenvalue weighted by molar-refractivity contribution is -0.0591. The van der Waals surface area contributed by atoms with Gasteiger partial charge in [-0.3, -0.25) is 9.78 Å². The van der Waals surface area contributed by atoms with E-state index in [1.165, 1.54) is 24.4 Å². The van der Waals surface area contributed by atoms with Gasteiger partial charge >= 0.3 is 0 Å². The molecular formula is C20H20Cl2F2N2O2. The maximum atomic E-state index is 14.2. The van der Waals surface area contributed by atoms with E-state index in [-0.39, 0.29) is 48.5 Å². The average molecular weight is 429 g/mol. The largest absolute Gasteiger partial charge is 0.388 e. The molecule has 1 aliphatic rings. The number of pyridine rings is 1. The van der Waals surface area contributed by atoms with Crippen molar-refractivity contribution >= 4 is 29.1 Å². The molecule has 3 unspecified atom stereocenters. The Morgan fingerprint density at radius 3 is 2.82 bits per heavy atom. The molecule has 2 N–H and O–H groups in total. The molecule has 0 bridgehead atoms. The van der Waals surface area contributed by atoms with Gasteiger partial charge in [-0.15, -0.1) is 11.6 Å². The third kappa shape index (κ3) is 4.00. The van der Waals surface area contributed by atoms with Crippen LogP contribution < -0.4 is 5.32 Å². The second-order valence-electron chi connectivity index (χ2n) is 7.00. The summed E-state index contributed by atoms with van der Waals surface area (Å²) in [5.74, 6) is -1.08. The van der Waals surface area contributed by atoms with Gasteiger partial charge in [-0.2, -0.15) is 0 Å². The Morgan fingerprint density at radius 2 is 2.11 bits per heavy atom. The van der Waals surface area contributed by atoms with Gasteiger partial charge in [-0.25, -0.2) is 8.78 Å². The minimum atomic E-state index is -1.61. The predicted octanol–water partition coefficient (Wildman–Crippen LogP) is 4.38. The standard InChI is InChI=1S/C20H20Cl2F2N2O2/c21-17-14(4-3-5-15(17)24)20(22)12-13(23)7-8-19(20,28)9-11-26-18(27)16-6-1-2-10-25-16/h1-6,10,13,28H,7-9,11-12H2,(H,26,27). The van der Waals surface area contributed by atoms with Gasteiger partial charge in [0.1, 0.15) is 22.6 Å². The van der Waals surface area contributed by atoms with E-state index in [4.69, 9.17) is 23.2 Å². The zero-order valence-corrected chi connectivity index (χ0v) is 16.5. The minimum Gasteiger partial charge on any atom is -0.388 e. The molecule has 1 saturated carbocycles. The van der Waals surface area contributed by atoms with Crippen LogP contribution in [-0.2, 0) is 4.87 Å². The van der Waals surface area contributed by atoms with Crippen LogP contribution in [0, 0.1) is 5.82 Å². The number of aromatic nitrogens is 1. The number of aliphatic hydroxyl groups is 1. The van der Waals surface area contributed by atoms with Crippen LogP contribution in [0.1, 0.15) is 41.7 Å². The molecule has 0 spiro atoms. The summed E-state index contributed by atoms with van der Waals surface area (Å²) in [6, 6.07) is 9.04. The van der Waals surface area contributed by atoms with Crippen LogP contribution in [-0.4, -0.2) is 34.3 Å². The molecule has 4 nitrogen and oxygen atoms in total. The summed E-state index contributed by atoms with van der Waals surface area (Å²) in [4.78, 5) is 14.5. The topological polar surface area (TPSA) is 62.2 Å². The Kier molecular flexibility index (Phi) is 6.22. The smallest absolute Gasteiger partial charge is 0.269 e. The fourth-order valence-electron chi connectivity index (χ4n) is 3.65. The zero-order chi connectivity index (χ0) is 20.4. The summed E-state index contributed by atoms with van der Waals surface area (Å²) < 4.78 is 28.2. The van der Waals surface area contributed by atoms with Crippen LogP contribution in [0.4, 0.5) is 8.78 Å². The third-order valence-corrected chi connectivity index (χ3v) is 6.31.